The molecule has 0 fully saturated rings. The Morgan fingerprint density at radius 2 is 1.88 bits per heavy atom. The third-order valence-electron chi connectivity index (χ3n) is 1.70. The number of carbonyl (C=O) groups is 3. The largest absolute Gasteiger partial charge is 0.480 e. The van der Waals surface area contributed by atoms with Gasteiger partial charge in [0.2, 0.25) is 5.91 Å². The van der Waals surface area contributed by atoms with Crippen LogP contribution in [0.2, 0.25) is 0 Å². The fourth-order valence-electron chi connectivity index (χ4n) is 0.888. The summed E-state index contributed by atoms with van der Waals surface area (Å²) in [4.78, 5) is 31.9. The van der Waals surface area contributed by atoms with E-state index in [1.807, 2.05) is 0 Å². The van der Waals surface area contributed by atoms with Gasteiger partial charge in [0.15, 0.2) is 5.92 Å². The average molecular weight is 260 g/mol. The number of carbonyl (C=O) groups excluding carboxylic acids is 1. The van der Waals surface area contributed by atoms with Crippen LogP contribution in [0.5, 0.6) is 0 Å². The second kappa shape index (κ2) is 7.51. The van der Waals surface area contributed by atoms with Gasteiger partial charge in [-0.3, -0.25) is 9.59 Å². The molecule has 0 aliphatic carbocycles. The van der Waals surface area contributed by atoms with Gasteiger partial charge in [0.25, 0.3) is 0 Å². The SMILES string of the molecule is CC(=O)N[C@H](CSC[C@@H](C#N)C(=O)O)C(=O)O. The molecule has 94 valence electrons. The molecule has 0 aromatic carbocycles. The molecule has 17 heavy (non-hydrogen) atoms. The van der Waals surface area contributed by atoms with Crippen LogP contribution in [0.3, 0.4) is 0 Å². The summed E-state index contributed by atoms with van der Waals surface area (Å²) in [5, 5.41) is 28.0. The summed E-state index contributed by atoms with van der Waals surface area (Å²) >= 11 is 0.994. The lowest BCUT2D eigenvalue weighted by atomic mass is 10.2. The third-order valence-corrected chi connectivity index (χ3v) is 2.84. The van der Waals surface area contributed by atoms with Gasteiger partial charge in [0.1, 0.15) is 6.04 Å². The van der Waals surface area contributed by atoms with Crippen LogP contribution in [0, 0.1) is 17.2 Å². The van der Waals surface area contributed by atoms with Crippen LogP contribution < -0.4 is 5.32 Å². The zero-order valence-corrected chi connectivity index (χ0v) is 9.86. The maximum absolute atomic E-state index is 10.7. The first-order valence-electron chi connectivity index (χ1n) is 4.58. The number of carboxylic acid groups (broad SMARTS) is 2. The maximum Gasteiger partial charge on any atom is 0.327 e. The number of nitrogens with one attached hydrogen (secondary N) is 1. The van der Waals surface area contributed by atoms with E-state index in [0.717, 1.165) is 11.8 Å². The molecule has 0 spiro atoms. The number of amides is 1. The zero-order valence-electron chi connectivity index (χ0n) is 9.04. The molecular weight excluding hydrogens is 248 g/mol. The smallest absolute Gasteiger partial charge is 0.327 e. The van der Waals surface area contributed by atoms with E-state index in [2.05, 4.69) is 5.32 Å². The van der Waals surface area contributed by atoms with Gasteiger partial charge < -0.3 is 15.5 Å². The Bertz CT molecular complexity index is 352. The Kier molecular flexibility index (Phi) is 6.74. The van der Waals surface area contributed by atoms with Crippen molar-refractivity contribution in [2.75, 3.05) is 11.5 Å². The fourth-order valence-corrected chi connectivity index (χ4v) is 1.94. The van der Waals surface area contributed by atoms with Crippen LogP contribution in [0.15, 0.2) is 0 Å². The fraction of sp³-hybridized carbons (Fsp3) is 0.556. The summed E-state index contributed by atoms with van der Waals surface area (Å²) in [6.45, 7) is 1.19. The van der Waals surface area contributed by atoms with E-state index in [1.54, 1.807) is 6.07 Å². The van der Waals surface area contributed by atoms with Gasteiger partial charge in [-0.05, 0) is 0 Å². The second-order valence-corrected chi connectivity index (χ2v) is 4.22. The molecule has 0 aliphatic rings. The van der Waals surface area contributed by atoms with E-state index in [-0.39, 0.29) is 11.5 Å². The highest BCUT2D eigenvalue weighted by Gasteiger charge is 2.21. The maximum atomic E-state index is 10.7. The first kappa shape index (κ1) is 15.2. The van der Waals surface area contributed by atoms with Gasteiger partial charge in [-0.25, -0.2) is 4.79 Å². The van der Waals surface area contributed by atoms with Gasteiger partial charge in [0, 0.05) is 18.4 Å². The van der Waals surface area contributed by atoms with Crippen molar-refractivity contribution in [3.63, 3.8) is 0 Å². The molecule has 1 amide bonds. The number of carboxylic acids is 2. The number of nitrogens with zero attached hydrogens (tertiary/aromatic N) is 1. The van der Waals surface area contributed by atoms with Crippen molar-refractivity contribution >= 4 is 29.6 Å². The Balaban J connectivity index is 4.15. The van der Waals surface area contributed by atoms with E-state index in [0.29, 0.717) is 0 Å². The van der Waals surface area contributed by atoms with Crippen molar-refractivity contribution in [2.45, 2.75) is 13.0 Å². The molecule has 7 nitrogen and oxygen atoms in total. The topological polar surface area (TPSA) is 127 Å². The van der Waals surface area contributed by atoms with Crippen molar-refractivity contribution in [1.82, 2.24) is 5.32 Å². The van der Waals surface area contributed by atoms with Crippen LogP contribution in [0.4, 0.5) is 0 Å². The molecule has 3 N–H and O–H groups in total. The lowest BCUT2D eigenvalue weighted by Gasteiger charge is -2.12. The molecule has 0 rings (SSSR count). The third kappa shape index (κ3) is 6.42. The first-order chi connectivity index (χ1) is 7.88. The molecule has 8 heteroatoms. The normalized spacial score (nSPS) is 13.2. The van der Waals surface area contributed by atoms with Crippen molar-refractivity contribution in [3.8, 4) is 6.07 Å². The Labute approximate surface area is 102 Å². The summed E-state index contributed by atoms with van der Waals surface area (Å²) < 4.78 is 0. The van der Waals surface area contributed by atoms with Gasteiger partial charge in [-0.2, -0.15) is 17.0 Å². The molecule has 0 bridgehead atoms. The average Bonchev–Trinajstić information content (AvgIpc) is 2.21. The van der Waals surface area contributed by atoms with Crippen molar-refractivity contribution < 1.29 is 24.6 Å². The summed E-state index contributed by atoms with van der Waals surface area (Å²) in [7, 11) is 0. The Morgan fingerprint density at radius 1 is 1.29 bits per heavy atom. The van der Waals surface area contributed by atoms with E-state index in [4.69, 9.17) is 15.5 Å². The lowest BCUT2D eigenvalue weighted by Crippen LogP contribution is -2.41. The Morgan fingerprint density at radius 3 is 2.24 bits per heavy atom. The molecular formula is C9H12N2O5S. The molecule has 2 atom stereocenters. The summed E-state index contributed by atoms with van der Waals surface area (Å²) in [6, 6.07) is 0.512. The minimum Gasteiger partial charge on any atom is -0.480 e. The highest BCUT2D eigenvalue weighted by molar-refractivity contribution is 7.99. The summed E-state index contributed by atoms with van der Waals surface area (Å²) in [5.74, 6) is -4.10. The van der Waals surface area contributed by atoms with Gasteiger partial charge in [-0.1, -0.05) is 0 Å². The number of aliphatic carboxylic acids is 2. The number of nitriles is 1. The predicted molar refractivity (Wildman–Crippen MR) is 59.3 cm³/mol. The van der Waals surface area contributed by atoms with Gasteiger partial charge in [0.05, 0.1) is 6.07 Å². The predicted octanol–water partition coefficient (Wildman–Crippen LogP) is -0.467. The zero-order chi connectivity index (χ0) is 13.4. The summed E-state index contributed by atoms with van der Waals surface area (Å²) in [6.07, 6.45) is 0. The molecule has 0 aromatic heterocycles. The van der Waals surface area contributed by atoms with Gasteiger partial charge >= 0.3 is 11.9 Å². The number of thioether (sulfide) groups is 1. The monoisotopic (exact) mass is 260 g/mol. The van der Waals surface area contributed by atoms with Crippen molar-refractivity contribution in [3.05, 3.63) is 0 Å². The van der Waals surface area contributed by atoms with E-state index in [9.17, 15) is 14.4 Å². The molecule has 0 saturated heterocycles. The first-order valence-corrected chi connectivity index (χ1v) is 5.74. The Hall–Kier alpha value is -1.75. The minimum atomic E-state index is -1.24. The molecule has 0 radical (unpaired) electrons. The van der Waals surface area contributed by atoms with Crippen LogP contribution in [-0.4, -0.2) is 45.6 Å². The summed E-state index contributed by atoms with van der Waals surface area (Å²) in [5.41, 5.74) is 0. The molecule has 0 heterocycles. The van der Waals surface area contributed by atoms with Gasteiger partial charge in [-0.15, -0.1) is 0 Å². The number of hydrogen-bond donors (Lipinski definition) is 3. The molecule has 0 saturated carbocycles. The molecule has 0 unspecified atom stereocenters. The second-order valence-electron chi connectivity index (χ2n) is 3.15. The van der Waals surface area contributed by atoms with Crippen molar-refractivity contribution in [2.24, 2.45) is 5.92 Å². The highest BCUT2D eigenvalue weighted by Crippen LogP contribution is 2.10. The van der Waals surface area contributed by atoms with Crippen LogP contribution in [-0.2, 0) is 14.4 Å². The quantitative estimate of drug-likeness (QED) is 0.564. The number of hydrogen-bond acceptors (Lipinski definition) is 5. The lowest BCUT2D eigenvalue weighted by molar-refractivity contribution is -0.140. The van der Waals surface area contributed by atoms with Crippen LogP contribution >= 0.6 is 11.8 Å². The van der Waals surface area contributed by atoms with E-state index < -0.39 is 29.8 Å². The molecule has 0 aromatic rings. The van der Waals surface area contributed by atoms with Crippen LogP contribution in [0.25, 0.3) is 0 Å². The van der Waals surface area contributed by atoms with Crippen molar-refractivity contribution in [1.29, 1.82) is 5.26 Å². The van der Waals surface area contributed by atoms with E-state index in [1.165, 1.54) is 6.92 Å². The van der Waals surface area contributed by atoms with Crippen LogP contribution in [0.1, 0.15) is 6.92 Å². The minimum absolute atomic E-state index is 0.0143. The number of rotatable bonds is 7. The standard InChI is InChI=1S/C9H12N2O5S/c1-5(12)11-7(9(15)16)4-17-3-6(2-10)8(13)14/h6-7H,3-4H2,1H3,(H,11,12)(H,13,14)(H,15,16)/t6-,7-/m1/s1. The highest BCUT2D eigenvalue weighted by atomic mass is 32.2. The molecule has 0 aliphatic heterocycles. The van der Waals surface area contributed by atoms with E-state index >= 15 is 0 Å².